The van der Waals surface area contributed by atoms with Crippen molar-refractivity contribution >= 4 is 32.8 Å². The van der Waals surface area contributed by atoms with Gasteiger partial charge in [0.2, 0.25) is 10.0 Å². The van der Waals surface area contributed by atoms with Crippen LogP contribution in [0.1, 0.15) is 6.92 Å². The molecule has 2 rings (SSSR count). The quantitative estimate of drug-likeness (QED) is 0.872. The fourth-order valence-corrected chi connectivity index (χ4v) is 3.07. The summed E-state index contributed by atoms with van der Waals surface area (Å²) in [5.41, 5.74) is 1.04. The Kier molecular flexibility index (Phi) is 2.68. The highest BCUT2D eigenvalue weighted by Gasteiger charge is 2.17. The number of nitrogens with one attached hydrogen (secondary N) is 1. The Morgan fingerprint density at radius 1 is 1.40 bits per heavy atom. The molecule has 0 aliphatic heterocycles. The van der Waals surface area contributed by atoms with Crippen molar-refractivity contribution in [3.63, 3.8) is 0 Å². The van der Waals surface area contributed by atoms with Gasteiger partial charge in [0, 0.05) is 6.54 Å². The summed E-state index contributed by atoms with van der Waals surface area (Å²) < 4.78 is 33.9. The van der Waals surface area contributed by atoms with E-state index in [4.69, 9.17) is 0 Å². The summed E-state index contributed by atoms with van der Waals surface area (Å²) in [6.45, 7) is 2.09. The van der Waals surface area contributed by atoms with Crippen LogP contribution >= 0.6 is 11.7 Å². The minimum Gasteiger partial charge on any atom is -0.211 e. The third kappa shape index (κ3) is 1.85. The lowest BCUT2D eigenvalue weighted by Gasteiger charge is -2.03. The molecule has 1 aromatic heterocycles. The molecule has 1 aromatic carbocycles. The van der Waals surface area contributed by atoms with E-state index in [9.17, 15) is 8.42 Å². The third-order valence-corrected chi connectivity index (χ3v) is 3.99. The smallest absolute Gasteiger partial charge is 0.211 e. The molecule has 1 N–H and O–H groups in total. The largest absolute Gasteiger partial charge is 0.242 e. The topological polar surface area (TPSA) is 72.0 Å². The Morgan fingerprint density at radius 2 is 2.20 bits per heavy atom. The predicted octanol–water partition coefficient (Wildman–Crippen LogP) is 0.990. The van der Waals surface area contributed by atoms with Crippen LogP contribution in [0.25, 0.3) is 11.0 Å². The van der Waals surface area contributed by atoms with Crippen LogP contribution in [-0.4, -0.2) is 23.7 Å². The van der Waals surface area contributed by atoms with Crippen molar-refractivity contribution in [3.8, 4) is 0 Å². The molecular formula is C8H9N3O2S2. The molecule has 2 aromatic rings. The number of hydrogen-bond donors (Lipinski definition) is 1. The highest BCUT2D eigenvalue weighted by Crippen LogP contribution is 2.20. The van der Waals surface area contributed by atoms with Crippen LogP contribution in [0.5, 0.6) is 0 Å². The SMILES string of the molecule is CCNS(=O)(=O)c1cccc2nsnc12. The lowest BCUT2D eigenvalue weighted by Crippen LogP contribution is -2.23. The summed E-state index contributed by atoms with van der Waals surface area (Å²) in [4.78, 5) is 0.190. The van der Waals surface area contributed by atoms with Gasteiger partial charge < -0.3 is 0 Å². The van der Waals surface area contributed by atoms with E-state index in [-0.39, 0.29) is 4.90 Å². The highest BCUT2D eigenvalue weighted by molar-refractivity contribution is 7.89. The van der Waals surface area contributed by atoms with Crippen molar-refractivity contribution in [2.75, 3.05) is 6.54 Å². The van der Waals surface area contributed by atoms with Crippen molar-refractivity contribution in [3.05, 3.63) is 18.2 Å². The van der Waals surface area contributed by atoms with Crippen LogP contribution in [-0.2, 0) is 10.0 Å². The number of hydrogen-bond acceptors (Lipinski definition) is 5. The van der Waals surface area contributed by atoms with Crippen molar-refractivity contribution in [1.82, 2.24) is 13.5 Å². The van der Waals surface area contributed by atoms with Gasteiger partial charge in [-0.15, -0.1) is 0 Å². The second kappa shape index (κ2) is 3.84. The summed E-state index contributed by atoms with van der Waals surface area (Å²) in [6.07, 6.45) is 0. The van der Waals surface area contributed by atoms with E-state index in [0.717, 1.165) is 11.7 Å². The second-order valence-electron chi connectivity index (χ2n) is 2.89. The molecule has 0 atom stereocenters. The average molecular weight is 243 g/mol. The molecule has 0 amide bonds. The number of nitrogens with zero attached hydrogens (tertiary/aromatic N) is 2. The zero-order chi connectivity index (χ0) is 10.9. The van der Waals surface area contributed by atoms with Gasteiger partial charge in [-0.1, -0.05) is 13.0 Å². The van der Waals surface area contributed by atoms with Gasteiger partial charge in [0.1, 0.15) is 15.9 Å². The fourth-order valence-electron chi connectivity index (χ4n) is 1.27. The van der Waals surface area contributed by atoms with Crippen molar-refractivity contribution < 1.29 is 8.42 Å². The van der Waals surface area contributed by atoms with Crippen LogP contribution in [0.15, 0.2) is 23.1 Å². The number of aromatic nitrogens is 2. The van der Waals surface area contributed by atoms with Gasteiger partial charge in [-0.2, -0.15) is 8.75 Å². The van der Waals surface area contributed by atoms with Crippen LogP contribution < -0.4 is 4.72 Å². The summed E-state index contributed by atoms with van der Waals surface area (Å²) >= 11 is 1.01. The van der Waals surface area contributed by atoms with Crippen LogP contribution in [0.3, 0.4) is 0 Å². The predicted molar refractivity (Wildman–Crippen MR) is 58.3 cm³/mol. The maximum Gasteiger partial charge on any atom is 0.242 e. The van der Waals surface area contributed by atoms with Gasteiger partial charge in [0.25, 0.3) is 0 Å². The van der Waals surface area contributed by atoms with Crippen LogP contribution in [0.2, 0.25) is 0 Å². The summed E-state index contributed by atoms with van der Waals surface area (Å²) in [5.74, 6) is 0. The zero-order valence-electron chi connectivity index (χ0n) is 7.97. The molecule has 7 heteroatoms. The lowest BCUT2D eigenvalue weighted by atomic mass is 10.3. The van der Waals surface area contributed by atoms with Gasteiger partial charge in [-0.3, -0.25) is 0 Å². The normalized spacial score (nSPS) is 12.1. The van der Waals surface area contributed by atoms with E-state index in [0.29, 0.717) is 17.6 Å². The molecule has 1 heterocycles. The second-order valence-corrected chi connectivity index (χ2v) is 5.15. The first-order valence-electron chi connectivity index (χ1n) is 4.36. The molecule has 0 aliphatic rings. The first-order chi connectivity index (χ1) is 7.15. The first kappa shape index (κ1) is 10.5. The molecule has 0 unspecified atom stereocenters. The molecule has 0 aliphatic carbocycles. The Labute approximate surface area is 91.5 Å². The van der Waals surface area contributed by atoms with Gasteiger partial charge in [-0.05, 0) is 12.1 Å². The minimum atomic E-state index is -3.45. The molecule has 0 saturated carbocycles. The molecule has 0 spiro atoms. The molecule has 0 radical (unpaired) electrons. The molecular weight excluding hydrogens is 234 g/mol. The Balaban J connectivity index is 2.66. The van der Waals surface area contributed by atoms with E-state index in [1.165, 1.54) is 6.07 Å². The van der Waals surface area contributed by atoms with Gasteiger partial charge in [0.15, 0.2) is 0 Å². The first-order valence-corrected chi connectivity index (χ1v) is 6.57. The Morgan fingerprint density at radius 3 is 2.93 bits per heavy atom. The number of sulfonamides is 1. The molecule has 15 heavy (non-hydrogen) atoms. The maximum absolute atomic E-state index is 11.8. The standard InChI is InChI=1S/C8H9N3O2S2/c1-2-9-15(12,13)7-5-3-4-6-8(7)11-14-10-6/h3-5,9H,2H2,1H3. The van der Waals surface area contributed by atoms with Gasteiger partial charge >= 0.3 is 0 Å². The summed E-state index contributed by atoms with van der Waals surface area (Å²) in [6, 6.07) is 4.93. The molecule has 0 bridgehead atoms. The van der Waals surface area contributed by atoms with E-state index in [1.807, 2.05) is 0 Å². The number of benzene rings is 1. The molecule has 5 nitrogen and oxygen atoms in total. The van der Waals surface area contributed by atoms with Crippen molar-refractivity contribution in [2.45, 2.75) is 11.8 Å². The van der Waals surface area contributed by atoms with Crippen molar-refractivity contribution in [1.29, 1.82) is 0 Å². The minimum absolute atomic E-state index is 0.190. The molecule has 0 fully saturated rings. The number of rotatable bonds is 3. The van der Waals surface area contributed by atoms with E-state index >= 15 is 0 Å². The van der Waals surface area contributed by atoms with Crippen LogP contribution in [0.4, 0.5) is 0 Å². The molecule has 0 saturated heterocycles. The lowest BCUT2D eigenvalue weighted by molar-refractivity contribution is 0.584. The van der Waals surface area contributed by atoms with Crippen LogP contribution in [0, 0.1) is 0 Å². The summed E-state index contributed by atoms with van der Waals surface area (Å²) in [7, 11) is -3.45. The van der Waals surface area contributed by atoms with E-state index < -0.39 is 10.0 Å². The average Bonchev–Trinajstić information content (AvgIpc) is 2.64. The maximum atomic E-state index is 11.8. The fraction of sp³-hybridized carbons (Fsp3) is 0.250. The number of fused-ring (bicyclic) bond motifs is 1. The Hall–Kier alpha value is -1.05. The van der Waals surface area contributed by atoms with Gasteiger partial charge in [0.05, 0.1) is 11.7 Å². The zero-order valence-corrected chi connectivity index (χ0v) is 9.60. The monoisotopic (exact) mass is 243 g/mol. The summed E-state index contributed by atoms with van der Waals surface area (Å²) in [5, 5.41) is 0. The Bertz CT molecular complexity index is 576. The third-order valence-electron chi connectivity index (χ3n) is 1.87. The van der Waals surface area contributed by atoms with Crippen molar-refractivity contribution in [2.24, 2.45) is 0 Å². The highest BCUT2D eigenvalue weighted by atomic mass is 32.2. The van der Waals surface area contributed by atoms with E-state index in [2.05, 4.69) is 13.5 Å². The van der Waals surface area contributed by atoms with E-state index in [1.54, 1.807) is 19.1 Å². The molecule has 80 valence electrons. The van der Waals surface area contributed by atoms with Gasteiger partial charge in [-0.25, -0.2) is 13.1 Å².